The van der Waals surface area contributed by atoms with Crippen LogP contribution in [0.15, 0.2) is 47.6 Å². The predicted octanol–water partition coefficient (Wildman–Crippen LogP) is 6.08. The molecule has 3 nitrogen and oxygen atoms in total. The molecule has 2 aliphatic rings. The van der Waals surface area contributed by atoms with E-state index in [-0.39, 0.29) is 0 Å². The Morgan fingerprint density at radius 3 is 2.78 bits per heavy atom. The van der Waals surface area contributed by atoms with Crippen molar-refractivity contribution >= 4 is 22.4 Å². The van der Waals surface area contributed by atoms with Crippen LogP contribution in [0, 0.1) is 11.3 Å². The van der Waals surface area contributed by atoms with Gasteiger partial charge in [0.05, 0.1) is 11.6 Å². The van der Waals surface area contributed by atoms with Crippen LogP contribution in [0.3, 0.4) is 0 Å². The summed E-state index contributed by atoms with van der Waals surface area (Å²) in [7, 11) is 0. The van der Waals surface area contributed by atoms with E-state index >= 15 is 0 Å². The molecule has 1 atom stereocenters. The smallest absolute Gasteiger partial charge is 0.112 e. The molecule has 0 bridgehead atoms. The average molecular weight is 358 g/mol. The van der Waals surface area contributed by atoms with Crippen molar-refractivity contribution in [3.63, 3.8) is 0 Å². The summed E-state index contributed by atoms with van der Waals surface area (Å²) in [6, 6.07) is 8.98. The number of para-hydroxylation sites is 1. The number of nitrogens with two attached hydrogens (primary N) is 1. The van der Waals surface area contributed by atoms with Crippen molar-refractivity contribution in [2.24, 2.45) is 0 Å². The maximum atomic E-state index is 9.17. The maximum Gasteiger partial charge on any atom is 0.112 e. The Morgan fingerprint density at radius 2 is 2.11 bits per heavy atom. The average Bonchev–Trinajstić information content (AvgIpc) is 2.99. The Labute approximate surface area is 161 Å². The first kappa shape index (κ1) is 17.7. The van der Waals surface area contributed by atoms with E-state index in [1.54, 1.807) is 0 Å². The fraction of sp³-hybridized carbons (Fsp3) is 0.375. The van der Waals surface area contributed by atoms with Gasteiger partial charge in [0.15, 0.2) is 0 Å². The Morgan fingerprint density at radius 1 is 1.26 bits per heavy atom. The van der Waals surface area contributed by atoms with Crippen LogP contribution >= 0.6 is 0 Å². The third-order valence-electron chi connectivity index (χ3n) is 6.09. The standard InChI is InChI=1S/C24H27N3/c1-3-20-22-9-5-8-21(18-7-4-6-16(2)14-18)23(22)27(24(20)26)19-12-10-17(15-25)11-13-19/h5-6,8-10,12,18H,3-4,7,11,13-14,26H2,1-2H3. The van der Waals surface area contributed by atoms with Gasteiger partial charge in [-0.3, -0.25) is 4.57 Å². The fourth-order valence-corrected chi connectivity index (χ4v) is 4.72. The highest BCUT2D eigenvalue weighted by molar-refractivity contribution is 5.95. The Balaban J connectivity index is 1.94. The number of nitrogens with zero attached hydrogens (tertiary/aromatic N) is 2. The molecule has 1 unspecified atom stereocenters. The molecule has 2 N–H and O–H groups in total. The number of aryl methyl sites for hydroxylation is 1. The zero-order valence-electron chi connectivity index (χ0n) is 16.3. The number of rotatable bonds is 3. The van der Waals surface area contributed by atoms with Gasteiger partial charge in [0.25, 0.3) is 0 Å². The van der Waals surface area contributed by atoms with Gasteiger partial charge in [-0.05, 0) is 69.1 Å². The van der Waals surface area contributed by atoms with Crippen LogP contribution in [-0.4, -0.2) is 4.57 Å². The molecule has 4 rings (SSSR count). The lowest BCUT2D eigenvalue weighted by Crippen LogP contribution is -2.09. The number of nitrogen functional groups attached to an aromatic ring is 1. The van der Waals surface area contributed by atoms with Crippen LogP contribution in [-0.2, 0) is 6.42 Å². The van der Waals surface area contributed by atoms with Crippen LogP contribution in [0.5, 0.6) is 0 Å². The van der Waals surface area contributed by atoms with Crippen molar-refractivity contribution in [2.75, 3.05) is 5.73 Å². The third kappa shape index (κ3) is 3.00. The second-order valence-electron chi connectivity index (χ2n) is 7.79. The monoisotopic (exact) mass is 357 g/mol. The Hall–Kier alpha value is -2.73. The first-order chi connectivity index (χ1) is 13.1. The first-order valence-electron chi connectivity index (χ1n) is 10.0. The molecular weight excluding hydrogens is 330 g/mol. The van der Waals surface area contributed by atoms with Gasteiger partial charge < -0.3 is 5.73 Å². The molecule has 3 heteroatoms. The molecule has 0 saturated heterocycles. The van der Waals surface area contributed by atoms with Crippen LogP contribution in [0.4, 0.5) is 5.82 Å². The van der Waals surface area contributed by atoms with Gasteiger partial charge in [-0.1, -0.05) is 36.8 Å². The molecule has 1 heterocycles. The summed E-state index contributed by atoms with van der Waals surface area (Å²) in [5.74, 6) is 1.41. The second kappa shape index (κ2) is 7.12. The van der Waals surface area contributed by atoms with Crippen molar-refractivity contribution in [3.8, 4) is 6.07 Å². The van der Waals surface area contributed by atoms with Gasteiger partial charge in [0, 0.05) is 22.2 Å². The topological polar surface area (TPSA) is 54.7 Å². The maximum absolute atomic E-state index is 9.17. The molecule has 0 aliphatic heterocycles. The summed E-state index contributed by atoms with van der Waals surface area (Å²) in [5.41, 5.74) is 14.2. The summed E-state index contributed by atoms with van der Waals surface area (Å²) in [6.45, 7) is 4.42. The predicted molar refractivity (Wildman–Crippen MR) is 113 cm³/mol. The van der Waals surface area contributed by atoms with Crippen LogP contribution in [0.1, 0.15) is 63.0 Å². The normalized spacial score (nSPS) is 20.0. The van der Waals surface area contributed by atoms with E-state index in [0.717, 1.165) is 43.5 Å². The highest BCUT2D eigenvalue weighted by Gasteiger charge is 2.24. The van der Waals surface area contributed by atoms with Crippen molar-refractivity contribution < 1.29 is 0 Å². The minimum absolute atomic E-state index is 0.547. The van der Waals surface area contributed by atoms with E-state index in [1.165, 1.54) is 39.7 Å². The lowest BCUT2D eigenvalue weighted by Gasteiger charge is -2.24. The second-order valence-corrected chi connectivity index (χ2v) is 7.79. The van der Waals surface area contributed by atoms with Crippen molar-refractivity contribution in [2.45, 2.75) is 58.3 Å². The summed E-state index contributed by atoms with van der Waals surface area (Å²) < 4.78 is 2.28. The summed E-state index contributed by atoms with van der Waals surface area (Å²) in [5, 5.41) is 10.5. The number of allylic oxidation sites excluding steroid dienone is 6. The van der Waals surface area contributed by atoms with E-state index < -0.39 is 0 Å². The lowest BCUT2D eigenvalue weighted by molar-refractivity contribution is 0.598. The zero-order chi connectivity index (χ0) is 19.0. The molecule has 0 fully saturated rings. The molecular formula is C24H27N3. The zero-order valence-corrected chi connectivity index (χ0v) is 16.3. The number of nitriles is 1. The number of hydrogen-bond acceptors (Lipinski definition) is 2. The van der Waals surface area contributed by atoms with Crippen LogP contribution < -0.4 is 5.73 Å². The highest BCUT2D eigenvalue weighted by atomic mass is 15.1. The lowest BCUT2D eigenvalue weighted by atomic mass is 9.83. The number of benzene rings is 1. The number of fused-ring (bicyclic) bond motifs is 1. The summed E-state index contributed by atoms with van der Waals surface area (Å²) in [4.78, 5) is 0. The molecule has 138 valence electrons. The van der Waals surface area contributed by atoms with Gasteiger partial charge in [-0.2, -0.15) is 5.26 Å². The highest BCUT2D eigenvalue weighted by Crippen LogP contribution is 2.42. The quantitative estimate of drug-likeness (QED) is 0.676. The molecule has 27 heavy (non-hydrogen) atoms. The molecule has 0 radical (unpaired) electrons. The molecule has 0 saturated carbocycles. The van der Waals surface area contributed by atoms with Gasteiger partial charge in [0.2, 0.25) is 0 Å². The van der Waals surface area contributed by atoms with E-state index in [9.17, 15) is 5.26 Å². The van der Waals surface area contributed by atoms with Crippen LogP contribution in [0.2, 0.25) is 0 Å². The van der Waals surface area contributed by atoms with Crippen molar-refractivity contribution in [3.05, 3.63) is 58.7 Å². The van der Waals surface area contributed by atoms with E-state index in [1.807, 2.05) is 6.08 Å². The number of anilines is 1. The molecule has 0 spiro atoms. The van der Waals surface area contributed by atoms with Gasteiger partial charge >= 0.3 is 0 Å². The van der Waals surface area contributed by atoms with Gasteiger partial charge in [-0.15, -0.1) is 0 Å². The van der Waals surface area contributed by atoms with Crippen molar-refractivity contribution in [1.82, 2.24) is 4.57 Å². The van der Waals surface area contributed by atoms with E-state index in [0.29, 0.717) is 5.92 Å². The molecule has 0 amide bonds. The minimum atomic E-state index is 0.547. The fourth-order valence-electron chi connectivity index (χ4n) is 4.72. The third-order valence-corrected chi connectivity index (χ3v) is 6.09. The SMILES string of the molecule is CCc1c(N)n(C2=CC=C(C#N)CC2)c2c(C3CCC=C(C)C3)cccc12. The number of hydrogen-bond donors (Lipinski definition) is 1. The van der Waals surface area contributed by atoms with E-state index in [2.05, 4.69) is 54.8 Å². The Kier molecular flexibility index (Phi) is 4.66. The molecule has 2 aliphatic carbocycles. The first-order valence-corrected chi connectivity index (χ1v) is 10.0. The van der Waals surface area contributed by atoms with Crippen molar-refractivity contribution in [1.29, 1.82) is 5.26 Å². The molecule has 2 aromatic rings. The number of aromatic nitrogens is 1. The summed E-state index contributed by atoms with van der Waals surface area (Å²) in [6.07, 6.45) is 12.5. The largest absolute Gasteiger partial charge is 0.385 e. The molecule has 1 aromatic heterocycles. The molecule has 1 aromatic carbocycles. The minimum Gasteiger partial charge on any atom is -0.385 e. The van der Waals surface area contributed by atoms with Gasteiger partial charge in [0.1, 0.15) is 5.82 Å². The summed E-state index contributed by atoms with van der Waals surface area (Å²) >= 11 is 0. The Bertz CT molecular complexity index is 1020. The van der Waals surface area contributed by atoms with Crippen LogP contribution in [0.25, 0.3) is 16.6 Å². The van der Waals surface area contributed by atoms with Gasteiger partial charge in [-0.25, -0.2) is 0 Å². The van der Waals surface area contributed by atoms with E-state index in [4.69, 9.17) is 5.73 Å².